The van der Waals surface area contributed by atoms with E-state index >= 15 is 0 Å². The average Bonchev–Trinajstić information content (AvgIpc) is 2.86. The second-order valence-corrected chi connectivity index (χ2v) is 3.47. The Morgan fingerprint density at radius 3 is 3.14 bits per heavy atom. The Balaban J connectivity index is 1.65. The zero-order valence-corrected chi connectivity index (χ0v) is 8.33. The molecule has 0 amide bonds. The van der Waals surface area contributed by atoms with Crippen molar-refractivity contribution in [2.45, 2.75) is 13.0 Å². The van der Waals surface area contributed by atoms with Crippen LogP contribution in [0.5, 0.6) is 0 Å². The molecule has 0 aromatic carbocycles. The number of thiazole rings is 1. The molecule has 1 N–H and O–H groups in total. The van der Waals surface area contributed by atoms with Gasteiger partial charge in [0.1, 0.15) is 0 Å². The van der Waals surface area contributed by atoms with E-state index in [1.165, 1.54) is 6.39 Å². The summed E-state index contributed by atoms with van der Waals surface area (Å²) in [5, 5.41) is 8.99. The first-order valence-electron chi connectivity index (χ1n) is 4.28. The monoisotopic (exact) mass is 210 g/mol. The topological polar surface area (TPSA) is 63.8 Å². The quantitative estimate of drug-likeness (QED) is 0.741. The molecule has 0 aliphatic carbocycles. The molecule has 0 aliphatic heterocycles. The first-order chi connectivity index (χ1) is 6.95. The lowest BCUT2D eigenvalue weighted by molar-refractivity contribution is 0.409. The zero-order valence-electron chi connectivity index (χ0n) is 7.51. The van der Waals surface area contributed by atoms with Gasteiger partial charge in [0.15, 0.2) is 5.82 Å². The van der Waals surface area contributed by atoms with Crippen molar-refractivity contribution in [3.8, 4) is 0 Å². The van der Waals surface area contributed by atoms with E-state index in [0.717, 1.165) is 31.0 Å². The molecule has 74 valence electrons. The van der Waals surface area contributed by atoms with Crippen LogP contribution < -0.4 is 5.32 Å². The van der Waals surface area contributed by atoms with Gasteiger partial charge in [-0.05, 0) is 0 Å². The summed E-state index contributed by atoms with van der Waals surface area (Å²) in [5.41, 5.74) is 2.90. The molecular formula is C8H10N4OS. The molecule has 0 radical (unpaired) electrons. The molecule has 2 aromatic rings. The lowest BCUT2D eigenvalue weighted by Crippen LogP contribution is -2.17. The number of hydrogen-bond acceptors (Lipinski definition) is 6. The van der Waals surface area contributed by atoms with Gasteiger partial charge in [0, 0.05) is 24.9 Å². The maximum atomic E-state index is 4.62. The van der Waals surface area contributed by atoms with Crippen LogP contribution in [-0.4, -0.2) is 21.7 Å². The average molecular weight is 210 g/mol. The smallest absolute Gasteiger partial charge is 0.213 e. The Hall–Kier alpha value is -1.27. The predicted molar refractivity (Wildman–Crippen MR) is 51.8 cm³/mol. The van der Waals surface area contributed by atoms with Crippen molar-refractivity contribution < 1.29 is 4.52 Å². The van der Waals surface area contributed by atoms with Crippen LogP contribution in [0, 0.1) is 0 Å². The molecule has 0 fully saturated rings. The van der Waals surface area contributed by atoms with E-state index in [9.17, 15) is 0 Å². The minimum Gasteiger partial charge on any atom is -0.343 e. The van der Waals surface area contributed by atoms with Crippen molar-refractivity contribution in [3.63, 3.8) is 0 Å². The van der Waals surface area contributed by atoms with Crippen molar-refractivity contribution in [2.75, 3.05) is 6.54 Å². The second kappa shape index (κ2) is 4.83. The number of hydrogen-bond donors (Lipinski definition) is 1. The standard InChI is InChI=1S/C8H10N4OS/c1(8-10-5-13-12-8)2-9-3-7-4-14-6-11-7/h4-6,9H,1-3H2. The zero-order chi connectivity index (χ0) is 9.64. The molecule has 0 aliphatic rings. The Morgan fingerprint density at radius 2 is 2.43 bits per heavy atom. The van der Waals surface area contributed by atoms with Gasteiger partial charge < -0.3 is 9.84 Å². The van der Waals surface area contributed by atoms with Gasteiger partial charge in [-0.25, -0.2) is 4.98 Å². The second-order valence-electron chi connectivity index (χ2n) is 2.75. The fraction of sp³-hybridized carbons (Fsp3) is 0.375. The van der Waals surface area contributed by atoms with Crippen LogP contribution in [0.25, 0.3) is 0 Å². The van der Waals surface area contributed by atoms with Crippen LogP contribution >= 0.6 is 11.3 Å². The Labute approximate surface area is 85.2 Å². The molecule has 0 atom stereocenters. The number of rotatable bonds is 5. The number of nitrogens with zero attached hydrogens (tertiary/aromatic N) is 3. The summed E-state index contributed by atoms with van der Waals surface area (Å²) in [6, 6.07) is 0. The highest BCUT2D eigenvalue weighted by Gasteiger charge is 1.98. The van der Waals surface area contributed by atoms with Crippen molar-refractivity contribution in [1.82, 2.24) is 20.4 Å². The van der Waals surface area contributed by atoms with Crippen LogP contribution in [0.4, 0.5) is 0 Å². The summed E-state index contributed by atoms with van der Waals surface area (Å²) in [4.78, 5) is 8.08. The van der Waals surface area contributed by atoms with E-state index < -0.39 is 0 Å². The molecule has 0 unspecified atom stereocenters. The summed E-state index contributed by atoms with van der Waals surface area (Å²) >= 11 is 1.60. The van der Waals surface area contributed by atoms with Gasteiger partial charge in [0.05, 0.1) is 11.2 Å². The van der Waals surface area contributed by atoms with E-state index in [1.54, 1.807) is 11.3 Å². The molecule has 2 aromatic heterocycles. The lowest BCUT2D eigenvalue weighted by atomic mass is 10.4. The van der Waals surface area contributed by atoms with Crippen molar-refractivity contribution in [1.29, 1.82) is 0 Å². The summed E-state index contributed by atoms with van der Waals surface area (Å²) in [7, 11) is 0. The number of aromatic nitrogens is 3. The summed E-state index contributed by atoms with van der Waals surface area (Å²) in [5.74, 6) is 0.732. The van der Waals surface area contributed by atoms with Crippen LogP contribution in [0.1, 0.15) is 11.5 Å². The normalized spacial score (nSPS) is 10.6. The van der Waals surface area contributed by atoms with Gasteiger partial charge >= 0.3 is 0 Å². The third kappa shape index (κ3) is 2.61. The maximum Gasteiger partial charge on any atom is 0.213 e. The first-order valence-corrected chi connectivity index (χ1v) is 5.22. The van der Waals surface area contributed by atoms with Crippen LogP contribution in [0.2, 0.25) is 0 Å². The molecule has 2 rings (SSSR count). The Morgan fingerprint density at radius 1 is 1.43 bits per heavy atom. The fourth-order valence-corrected chi connectivity index (χ4v) is 1.60. The predicted octanol–water partition coefficient (Wildman–Crippen LogP) is 0.858. The van der Waals surface area contributed by atoms with Crippen LogP contribution in [0.15, 0.2) is 21.8 Å². The van der Waals surface area contributed by atoms with Gasteiger partial charge in [0.2, 0.25) is 6.39 Å². The third-order valence-electron chi connectivity index (χ3n) is 1.72. The lowest BCUT2D eigenvalue weighted by Gasteiger charge is -1.98. The fourth-order valence-electron chi connectivity index (χ4n) is 1.04. The van der Waals surface area contributed by atoms with Gasteiger partial charge in [-0.2, -0.15) is 4.98 Å². The van der Waals surface area contributed by atoms with Gasteiger partial charge in [-0.15, -0.1) is 11.3 Å². The SMILES string of the molecule is c1nc(CCNCc2cscn2)no1. The molecule has 0 bridgehead atoms. The molecule has 2 heterocycles. The Kier molecular flexibility index (Phi) is 3.20. The Bertz CT molecular complexity index is 309. The maximum absolute atomic E-state index is 4.62. The van der Waals surface area contributed by atoms with E-state index in [-0.39, 0.29) is 0 Å². The molecular weight excluding hydrogens is 200 g/mol. The van der Waals surface area contributed by atoms with E-state index in [0.29, 0.717) is 0 Å². The van der Waals surface area contributed by atoms with E-state index in [1.807, 2.05) is 10.9 Å². The van der Waals surface area contributed by atoms with E-state index in [2.05, 4.69) is 25.0 Å². The number of nitrogens with one attached hydrogen (secondary N) is 1. The van der Waals surface area contributed by atoms with Crippen LogP contribution in [-0.2, 0) is 13.0 Å². The minimum absolute atomic E-state index is 0.732. The third-order valence-corrected chi connectivity index (χ3v) is 2.36. The molecule has 0 spiro atoms. The van der Waals surface area contributed by atoms with Gasteiger partial charge in [0.25, 0.3) is 0 Å². The van der Waals surface area contributed by atoms with Gasteiger partial charge in [-0.3, -0.25) is 0 Å². The summed E-state index contributed by atoms with van der Waals surface area (Å²) in [6.45, 7) is 1.62. The van der Waals surface area contributed by atoms with Crippen molar-refractivity contribution in [2.24, 2.45) is 0 Å². The molecule has 0 saturated carbocycles. The molecule has 5 nitrogen and oxygen atoms in total. The summed E-state index contributed by atoms with van der Waals surface area (Å²) in [6.07, 6.45) is 2.12. The van der Waals surface area contributed by atoms with Gasteiger partial charge in [-0.1, -0.05) is 5.16 Å². The van der Waals surface area contributed by atoms with Crippen molar-refractivity contribution >= 4 is 11.3 Å². The minimum atomic E-state index is 0.732. The highest BCUT2D eigenvalue weighted by molar-refractivity contribution is 7.07. The van der Waals surface area contributed by atoms with Crippen molar-refractivity contribution in [3.05, 3.63) is 28.8 Å². The largest absolute Gasteiger partial charge is 0.343 e. The molecule has 6 heteroatoms. The summed E-state index contributed by atoms with van der Waals surface area (Å²) < 4.78 is 4.62. The first kappa shape index (κ1) is 9.29. The molecule has 0 saturated heterocycles. The highest BCUT2D eigenvalue weighted by atomic mass is 32.1. The van der Waals surface area contributed by atoms with E-state index in [4.69, 9.17) is 0 Å². The highest BCUT2D eigenvalue weighted by Crippen LogP contribution is 1.99. The molecule has 14 heavy (non-hydrogen) atoms. The van der Waals surface area contributed by atoms with Crippen LogP contribution in [0.3, 0.4) is 0 Å².